The van der Waals surface area contributed by atoms with Crippen LogP contribution in [0.3, 0.4) is 0 Å². The van der Waals surface area contributed by atoms with Crippen LogP contribution in [0, 0.1) is 17.0 Å². The Morgan fingerprint density at radius 1 is 1.05 bits per heavy atom. The Morgan fingerprint density at radius 3 is 2.45 bits per heavy atom. The third-order valence-electron chi connectivity index (χ3n) is 3.54. The van der Waals surface area contributed by atoms with Gasteiger partial charge in [-0.3, -0.25) is 5.41 Å². The molecule has 2 aromatic rings. The zero-order valence-electron chi connectivity index (χ0n) is 10.9. The van der Waals surface area contributed by atoms with Gasteiger partial charge in [0, 0.05) is 24.7 Å². The van der Waals surface area contributed by atoms with Crippen molar-refractivity contribution in [3.8, 4) is 0 Å². The van der Waals surface area contributed by atoms with E-state index in [2.05, 4.69) is 0 Å². The maximum Gasteiger partial charge on any atom is 0.128 e. The van der Waals surface area contributed by atoms with Gasteiger partial charge in [0.1, 0.15) is 17.5 Å². The zero-order valence-corrected chi connectivity index (χ0v) is 10.9. The number of hydrogen-bond acceptors (Lipinski definition) is 1. The predicted molar refractivity (Wildman–Crippen MR) is 73.7 cm³/mol. The van der Waals surface area contributed by atoms with Crippen molar-refractivity contribution in [1.29, 1.82) is 5.41 Å². The van der Waals surface area contributed by atoms with Crippen LogP contribution in [0.4, 0.5) is 8.78 Å². The lowest BCUT2D eigenvalue weighted by Crippen LogP contribution is -2.26. The number of nitrogens with one attached hydrogen (secondary N) is 1. The first-order chi connectivity index (χ1) is 9.63. The molecule has 4 heteroatoms. The number of fused-ring (bicyclic) bond motifs is 1. The van der Waals surface area contributed by atoms with E-state index < -0.39 is 11.6 Å². The van der Waals surface area contributed by atoms with E-state index >= 15 is 0 Å². The molecule has 1 aliphatic rings. The Balaban J connectivity index is 1.70. The SMILES string of the molecule is N=C1c2ccccc2CN1CCc1cc(F)cc(F)c1. The Hall–Kier alpha value is -2.23. The van der Waals surface area contributed by atoms with E-state index in [-0.39, 0.29) is 0 Å². The molecule has 1 aliphatic heterocycles. The third-order valence-corrected chi connectivity index (χ3v) is 3.54. The summed E-state index contributed by atoms with van der Waals surface area (Å²) >= 11 is 0. The van der Waals surface area contributed by atoms with E-state index in [1.807, 2.05) is 29.2 Å². The minimum absolute atomic E-state index is 0.484. The minimum Gasteiger partial charge on any atom is -0.352 e. The predicted octanol–water partition coefficient (Wildman–Crippen LogP) is 3.35. The molecule has 0 spiro atoms. The maximum absolute atomic E-state index is 13.1. The summed E-state index contributed by atoms with van der Waals surface area (Å²) in [5.41, 5.74) is 2.69. The second-order valence-electron chi connectivity index (χ2n) is 4.96. The van der Waals surface area contributed by atoms with E-state index in [4.69, 9.17) is 5.41 Å². The Bertz CT molecular complexity index is 647. The second kappa shape index (κ2) is 5.04. The molecule has 0 fully saturated rings. The van der Waals surface area contributed by atoms with Crippen LogP contribution < -0.4 is 0 Å². The molecule has 0 atom stereocenters. The highest BCUT2D eigenvalue weighted by atomic mass is 19.1. The van der Waals surface area contributed by atoms with E-state index in [1.165, 1.54) is 12.1 Å². The molecule has 0 aromatic heterocycles. The Labute approximate surface area is 116 Å². The normalized spacial score (nSPS) is 13.7. The summed E-state index contributed by atoms with van der Waals surface area (Å²) < 4.78 is 26.2. The summed E-state index contributed by atoms with van der Waals surface area (Å²) in [5, 5.41) is 8.12. The molecule has 1 N–H and O–H groups in total. The fourth-order valence-corrected chi connectivity index (χ4v) is 2.55. The zero-order chi connectivity index (χ0) is 14.1. The van der Waals surface area contributed by atoms with Crippen LogP contribution in [0.15, 0.2) is 42.5 Å². The summed E-state index contributed by atoms with van der Waals surface area (Å²) in [6, 6.07) is 11.4. The monoisotopic (exact) mass is 272 g/mol. The summed E-state index contributed by atoms with van der Waals surface area (Å²) in [7, 11) is 0. The van der Waals surface area contributed by atoms with E-state index in [0.717, 1.165) is 17.2 Å². The molecule has 2 aromatic carbocycles. The van der Waals surface area contributed by atoms with Crippen LogP contribution in [-0.4, -0.2) is 17.3 Å². The maximum atomic E-state index is 13.1. The van der Waals surface area contributed by atoms with Gasteiger partial charge in [-0.2, -0.15) is 0 Å². The number of nitrogens with zero attached hydrogens (tertiary/aromatic N) is 1. The molecule has 0 aliphatic carbocycles. The first kappa shape index (κ1) is 12.8. The second-order valence-corrected chi connectivity index (χ2v) is 4.96. The molecule has 0 saturated heterocycles. The van der Waals surface area contributed by atoms with Crippen molar-refractivity contribution in [1.82, 2.24) is 4.90 Å². The topological polar surface area (TPSA) is 27.1 Å². The average Bonchev–Trinajstić information content (AvgIpc) is 2.73. The van der Waals surface area contributed by atoms with Gasteiger partial charge in [-0.15, -0.1) is 0 Å². The first-order valence-corrected chi connectivity index (χ1v) is 6.50. The van der Waals surface area contributed by atoms with Crippen LogP contribution in [0.1, 0.15) is 16.7 Å². The molecule has 20 heavy (non-hydrogen) atoms. The lowest BCUT2D eigenvalue weighted by atomic mass is 10.1. The summed E-state index contributed by atoms with van der Waals surface area (Å²) in [5.74, 6) is -0.628. The van der Waals surface area contributed by atoms with Crippen LogP contribution in [-0.2, 0) is 13.0 Å². The van der Waals surface area contributed by atoms with Gasteiger partial charge in [-0.05, 0) is 29.7 Å². The number of rotatable bonds is 3. The fourth-order valence-electron chi connectivity index (χ4n) is 2.55. The van der Waals surface area contributed by atoms with Gasteiger partial charge in [0.25, 0.3) is 0 Å². The van der Waals surface area contributed by atoms with Crippen molar-refractivity contribution in [2.24, 2.45) is 0 Å². The highest BCUT2D eigenvalue weighted by Crippen LogP contribution is 2.22. The van der Waals surface area contributed by atoms with Gasteiger partial charge < -0.3 is 4.90 Å². The van der Waals surface area contributed by atoms with Crippen molar-refractivity contribution in [3.05, 3.63) is 70.8 Å². The van der Waals surface area contributed by atoms with E-state index in [0.29, 0.717) is 30.9 Å². The van der Waals surface area contributed by atoms with Gasteiger partial charge in [0.05, 0.1) is 0 Å². The van der Waals surface area contributed by atoms with Crippen molar-refractivity contribution in [2.45, 2.75) is 13.0 Å². The number of amidine groups is 1. The minimum atomic E-state index is -0.556. The molecule has 0 bridgehead atoms. The van der Waals surface area contributed by atoms with Gasteiger partial charge in [-0.1, -0.05) is 24.3 Å². The van der Waals surface area contributed by atoms with Crippen LogP contribution in [0.25, 0.3) is 0 Å². The highest BCUT2D eigenvalue weighted by molar-refractivity contribution is 6.00. The molecule has 1 heterocycles. The van der Waals surface area contributed by atoms with Gasteiger partial charge in [0.15, 0.2) is 0 Å². The summed E-state index contributed by atoms with van der Waals surface area (Å²) in [6.07, 6.45) is 0.519. The fraction of sp³-hybridized carbons (Fsp3) is 0.188. The smallest absolute Gasteiger partial charge is 0.128 e. The Morgan fingerprint density at radius 2 is 1.75 bits per heavy atom. The van der Waals surface area contributed by atoms with Crippen molar-refractivity contribution in [3.63, 3.8) is 0 Å². The molecule has 0 amide bonds. The molecule has 102 valence electrons. The lowest BCUT2D eigenvalue weighted by Gasteiger charge is -2.17. The van der Waals surface area contributed by atoms with Crippen molar-refractivity contribution >= 4 is 5.84 Å². The standard InChI is InChI=1S/C16H14F2N2/c17-13-7-11(8-14(18)9-13)5-6-20-10-12-3-1-2-4-15(12)16(20)19/h1-4,7-9,19H,5-6,10H2. The molecular formula is C16H14F2N2. The first-order valence-electron chi connectivity index (χ1n) is 6.50. The van der Waals surface area contributed by atoms with Crippen LogP contribution in [0.5, 0.6) is 0 Å². The molecule has 0 unspecified atom stereocenters. The molecule has 0 radical (unpaired) electrons. The number of halogens is 2. The van der Waals surface area contributed by atoms with E-state index in [9.17, 15) is 8.78 Å². The van der Waals surface area contributed by atoms with Crippen molar-refractivity contribution in [2.75, 3.05) is 6.54 Å². The number of benzene rings is 2. The Kier molecular flexibility index (Phi) is 3.22. The van der Waals surface area contributed by atoms with Gasteiger partial charge in [-0.25, -0.2) is 8.78 Å². The van der Waals surface area contributed by atoms with Crippen molar-refractivity contribution < 1.29 is 8.78 Å². The van der Waals surface area contributed by atoms with Gasteiger partial charge >= 0.3 is 0 Å². The average molecular weight is 272 g/mol. The number of hydrogen-bond donors (Lipinski definition) is 1. The quantitative estimate of drug-likeness (QED) is 0.911. The molecular weight excluding hydrogens is 258 g/mol. The van der Waals surface area contributed by atoms with E-state index in [1.54, 1.807) is 0 Å². The summed E-state index contributed by atoms with van der Waals surface area (Å²) in [6.45, 7) is 1.27. The lowest BCUT2D eigenvalue weighted by molar-refractivity contribution is 0.431. The summed E-state index contributed by atoms with van der Waals surface area (Å²) in [4.78, 5) is 1.92. The highest BCUT2D eigenvalue weighted by Gasteiger charge is 2.22. The third kappa shape index (κ3) is 2.41. The largest absolute Gasteiger partial charge is 0.352 e. The molecule has 0 saturated carbocycles. The van der Waals surface area contributed by atoms with Crippen LogP contribution in [0.2, 0.25) is 0 Å². The van der Waals surface area contributed by atoms with Crippen LogP contribution >= 0.6 is 0 Å². The molecule has 2 nitrogen and oxygen atoms in total. The van der Waals surface area contributed by atoms with Gasteiger partial charge in [0.2, 0.25) is 0 Å². The molecule has 3 rings (SSSR count).